The number of nitro benzene ring substituents is 1. The van der Waals surface area contributed by atoms with Crippen molar-refractivity contribution in [1.82, 2.24) is 0 Å². The molecule has 1 aromatic heterocycles. The molecule has 0 bridgehead atoms. The second-order valence-corrected chi connectivity index (χ2v) is 3.87. The number of hydrogen-bond donors (Lipinski definition) is 1. The standard InChI is InChI=1S/C13H12N2O3/c1-9-7-10(4-5-11-3-2-6-18-11)12(14)8-13(9)15(16)17/h2-8H,14H2,1H3/b5-4+. The van der Waals surface area contributed by atoms with Crippen LogP contribution in [0.5, 0.6) is 0 Å². The van der Waals surface area contributed by atoms with Gasteiger partial charge < -0.3 is 10.2 Å². The Kier molecular flexibility index (Phi) is 3.14. The Morgan fingerprint density at radius 3 is 2.78 bits per heavy atom. The van der Waals surface area contributed by atoms with Crippen molar-refractivity contribution < 1.29 is 9.34 Å². The third kappa shape index (κ3) is 2.40. The Bertz CT molecular complexity index is 601. The quantitative estimate of drug-likeness (QED) is 0.510. The van der Waals surface area contributed by atoms with E-state index in [0.29, 0.717) is 17.0 Å². The van der Waals surface area contributed by atoms with Crippen molar-refractivity contribution in [1.29, 1.82) is 0 Å². The molecule has 0 atom stereocenters. The van der Waals surface area contributed by atoms with Crippen LogP contribution in [0.2, 0.25) is 0 Å². The fourth-order valence-electron chi connectivity index (χ4n) is 1.63. The van der Waals surface area contributed by atoms with Gasteiger partial charge in [-0.05, 0) is 42.8 Å². The second kappa shape index (κ2) is 4.75. The molecule has 0 aliphatic carbocycles. The van der Waals surface area contributed by atoms with Crippen LogP contribution in [-0.2, 0) is 0 Å². The molecule has 1 aromatic carbocycles. The highest BCUT2D eigenvalue weighted by Gasteiger charge is 2.12. The first kappa shape index (κ1) is 11.9. The molecule has 0 spiro atoms. The lowest BCUT2D eigenvalue weighted by Gasteiger charge is -2.03. The molecule has 5 heteroatoms. The Morgan fingerprint density at radius 2 is 2.17 bits per heavy atom. The number of anilines is 1. The predicted octanol–water partition coefficient (Wildman–Crippen LogP) is 3.25. The van der Waals surface area contributed by atoms with Gasteiger partial charge in [-0.2, -0.15) is 0 Å². The molecular weight excluding hydrogens is 232 g/mol. The minimum atomic E-state index is -0.439. The van der Waals surface area contributed by atoms with Crippen LogP contribution in [-0.4, -0.2) is 4.92 Å². The lowest BCUT2D eigenvalue weighted by Crippen LogP contribution is -1.96. The summed E-state index contributed by atoms with van der Waals surface area (Å²) in [5.74, 6) is 0.699. The maximum atomic E-state index is 10.7. The monoisotopic (exact) mass is 244 g/mol. The highest BCUT2D eigenvalue weighted by Crippen LogP contribution is 2.26. The van der Waals surface area contributed by atoms with Gasteiger partial charge in [-0.3, -0.25) is 10.1 Å². The van der Waals surface area contributed by atoms with E-state index < -0.39 is 4.92 Å². The van der Waals surface area contributed by atoms with Crippen molar-refractivity contribution in [3.05, 3.63) is 57.5 Å². The molecule has 92 valence electrons. The Balaban J connectivity index is 2.35. The minimum absolute atomic E-state index is 0.0302. The van der Waals surface area contributed by atoms with E-state index in [0.717, 1.165) is 5.56 Å². The average molecular weight is 244 g/mol. The van der Waals surface area contributed by atoms with Crippen LogP contribution < -0.4 is 5.73 Å². The van der Waals surface area contributed by atoms with Gasteiger partial charge >= 0.3 is 0 Å². The number of nitrogens with zero attached hydrogens (tertiary/aromatic N) is 1. The van der Waals surface area contributed by atoms with Crippen LogP contribution in [0.15, 0.2) is 34.9 Å². The van der Waals surface area contributed by atoms with Gasteiger partial charge in [0.25, 0.3) is 5.69 Å². The first-order chi connectivity index (χ1) is 8.58. The Labute approximate surface area is 104 Å². The van der Waals surface area contributed by atoms with Crippen molar-refractivity contribution in [3.63, 3.8) is 0 Å². The van der Waals surface area contributed by atoms with Crippen molar-refractivity contribution in [2.75, 3.05) is 5.73 Å². The van der Waals surface area contributed by atoms with Gasteiger partial charge in [0.15, 0.2) is 0 Å². The molecule has 2 N–H and O–H groups in total. The van der Waals surface area contributed by atoms with Crippen molar-refractivity contribution in [2.24, 2.45) is 0 Å². The number of nitro groups is 1. The molecule has 0 amide bonds. The summed E-state index contributed by atoms with van der Waals surface area (Å²) < 4.78 is 5.15. The van der Waals surface area contributed by atoms with Gasteiger partial charge in [0.1, 0.15) is 5.76 Å². The van der Waals surface area contributed by atoms with Crippen LogP contribution in [0.1, 0.15) is 16.9 Å². The molecule has 2 rings (SSSR count). The smallest absolute Gasteiger partial charge is 0.274 e. The first-order valence-corrected chi connectivity index (χ1v) is 5.34. The summed E-state index contributed by atoms with van der Waals surface area (Å²) in [5.41, 5.74) is 7.49. The van der Waals surface area contributed by atoms with Crippen LogP contribution >= 0.6 is 0 Å². The molecule has 2 aromatic rings. The van der Waals surface area contributed by atoms with Gasteiger partial charge in [0.2, 0.25) is 0 Å². The normalized spacial score (nSPS) is 10.9. The number of aryl methyl sites for hydroxylation is 1. The zero-order chi connectivity index (χ0) is 13.1. The van der Waals surface area contributed by atoms with Crippen molar-refractivity contribution in [3.8, 4) is 0 Å². The van der Waals surface area contributed by atoms with Gasteiger partial charge in [0.05, 0.1) is 11.2 Å². The SMILES string of the molecule is Cc1cc(/C=C/c2ccco2)c(N)cc1[N+](=O)[O-]. The number of furan rings is 1. The maximum absolute atomic E-state index is 10.7. The van der Waals surface area contributed by atoms with E-state index in [1.54, 1.807) is 37.5 Å². The number of hydrogen-bond acceptors (Lipinski definition) is 4. The van der Waals surface area contributed by atoms with Crippen LogP contribution in [0, 0.1) is 17.0 Å². The molecule has 18 heavy (non-hydrogen) atoms. The molecule has 1 heterocycles. The minimum Gasteiger partial charge on any atom is -0.465 e. The molecule has 0 radical (unpaired) electrons. The molecule has 0 aliphatic heterocycles. The summed E-state index contributed by atoms with van der Waals surface area (Å²) in [6.07, 6.45) is 5.10. The van der Waals surface area contributed by atoms with Crippen LogP contribution in [0.4, 0.5) is 11.4 Å². The summed E-state index contributed by atoms with van der Waals surface area (Å²) in [4.78, 5) is 10.3. The first-order valence-electron chi connectivity index (χ1n) is 5.34. The van der Waals surface area contributed by atoms with Crippen molar-refractivity contribution in [2.45, 2.75) is 6.92 Å². The molecular formula is C13H12N2O3. The summed E-state index contributed by atoms with van der Waals surface area (Å²) >= 11 is 0. The van der Waals surface area contributed by atoms with E-state index >= 15 is 0 Å². The van der Waals surface area contributed by atoms with Crippen molar-refractivity contribution >= 4 is 23.5 Å². The number of rotatable bonds is 3. The number of benzene rings is 1. The van der Waals surface area contributed by atoms with E-state index in [2.05, 4.69) is 0 Å². The van der Waals surface area contributed by atoms with E-state index in [1.165, 1.54) is 6.07 Å². The van der Waals surface area contributed by atoms with E-state index in [4.69, 9.17) is 10.2 Å². The number of nitrogen functional groups attached to an aromatic ring is 1. The van der Waals surface area contributed by atoms with Gasteiger partial charge in [-0.25, -0.2) is 0 Å². The largest absolute Gasteiger partial charge is 0.465 e. The molecule has 0 aliphatic rings. The summed E-state index contributed by atoms with van der Waals surface area (Å²) in [7, 11) is 0. The average Bonchev–Trinajstić information content (AvgIpc) is 2.82. The highest BCUT2D eigenvalue weighted by atomic mass is 16.6. The Morgan fingerprint density at radius 1 is 1.39 bits per heavy atom. The van der Waals surface area contributed by atoms with Crippen LogP contribution in [0.25, 0.3) is 12.2 Å². The van der Waals surface area contributed by atoms with E-state index in [9.17, 15) is 10.1 Å². The molecule has 0 saturated heterocycles. The van der Waals surface area contributed by atoms with Crippen LogP contribution in [0.3, 0.4) is 0 Å². The predicted molar refractivity (Wildman–Crippen MR) is 69.9 cm³/mol. The van der Waals surface area contributed by atoms with Gasteiger partial charge in [0, 0.05) is 17.3 Å². The zero-order valence-electron chi connectivity index (χ0n) is 9.79. The summed E-state index contributed by atoms with van der Waals surface area (Å²) in [6.45, 7) is 1.68. The Hall–Kier alpha value is -2.56. The van der Waals surface area contributed by atoms with Gasteiger partial charge in [-0.1, -0.05) is 0 Å². The third-order valence-electron chi connectivity index (χ3n) is 2.57. The summed E-state index contributed by atoms with van der Waals surface area (Å²) in [6, 6.07) is 6.65. The lowest BCUT2D eigenvalue weighted by atomic mass is 10.1. The highest BCUT2D eigenvalue weighted by molar-refractivity contribution is 5.76. The number of nitrogens with two attached hydrogens (primary N) is 1. The molecule has 0 saturated carbocycles. The van der Waals surface area contributed by atoms with E-state index in [1.807, 2.05) is 6.07 Å². The third-order valence-corrected chi connectivity index (χ3v) is 2.57. The second-order valence-electron chi connectivity index (χ2n) is 3.87. The summed E-state index contributed by atoms with van der Waals surface area (Å²) in [5, 5.41) is 10.7. The lowest BCUT2D eigenvalue weighted by molar-refractivity contribution is -0.385. The molecule has 5 nitrogen and oxygen atoms in total. The topological polar surface area (TPSA) is 82.3 Å². The van der Waals surface area contributed by atoms with E-state index in [-0.39, 0.29) is 5.69 Å². The fourth-order valence-corrected chi connectivity index (χ4v) is 1.63. The fraction of sp³-hybridized carbons (Fsp3) is 0.0769. The molecule has 0 unspecified atom stereocenters. The maximum Gasteiger partial charge on any atom is 0.274 e. The molecule has 0 fully saturated rings. The zero-order valence-corrected chi connectivity index (χ0v) is 9.79. The van der Waals surface area contributed by atoms with Gasteiger partial charge in [-0.15, -0.1) is 0 Å².